The summed E-state index contributed by atoms with van der Waals surface area (Å²) in [5.74, 6) is 1.32. The number of halogens is 1. The van der Waals surface area contributed by atoms with E-state index in [1.54, 1.807) is 38.4 Å². The Bertz CT molecular complexity index is 1140. The summed E-state index contributed by atoms with van der Waals surface area (Å²) in [6.07, 6.45) is 5.75. The summed E-state index contributed by atoms with van der Waals surface area (Å²) in [6.45, 7) is 6.43. The monoisotopic (exact) mass is 435 g/mol. The van der Waals surface area contributed by atoms with Gasteiger partial charge in [-0.2, -0.15) is 0 Å². The van der Waals surface area contributed by atoms with Gasteiger partial charge in [-0.05, 0) is 67.8 Å². The van der Waals surface area contributed by atoms with Crippen LogP contribution < -0.4 is 4.90 Å². The molecule has 1 aliphatic heterocycles. The van der Waals surface area contributed by atoms with Crippen LogP contribution in [0, 0.1) is 5.82 Å². The van der Waals surface area contributed by atoms with Crippen LogP contribution in [-0.2, 0) is 11.0 Å². The Hall–Kier alpha value is -2.44. The van der Waals surface area contributed by atoms with Gasteiger partial charge >= 0.3 is 0 Å². The minimum absolute atomic E-state index is 0.236. The molecule has 3 aromatic rings. The standard InChI is InChI=1S/C25H26FN3OS/c1-4-31-18-6-7-20-22(12-18)29(15-25(20)9-10-25)23-27-13-16(14-28-23)19-11-17(24(2,3)30)5-8-21(19)26/h5-8,11-14,30H,4,9-10,15H2,1-3H3. The smallest absolute Gasteiger partial charge is 0.229 e. The fourth-order valence-corrected chi connectivity index (χ4v) is 5.09. The van der Waals surface area contributed by atoms with Crippen molar-refractivity contribution in [2.75, 3.05) is 17.2 Å². The summed E-state index contributed by atoms with van der Waals surface area (Å²) in [6, 6.07) is 11.4. The summed E-state index contributed by atoms with van der Waals surface area (Å²) in [4.78, 5) is 12.7. The molecule has 31 heavy (non-hydrogen) atoms. The number of hydrogen-bond acceptors (Lipinski definition) is 5. The van der Waals surface area contributed by atoms with Crippen molar-refractivity contribution in [3.8, 4) is 11.1 Å². The number of aromatic nitrogens is 2. The highest BCUT2D eigenvalue weighted by atomic mass is 32.2. The van der Waals surface area contributed by atoms with Crippen molar-refractivity contribution in [1.29, 1.82) is 0 Å². The van der Waals surface area contributed by atoms with Crippen molar-refractivity contribution in [3.05, 3.63) is 65.7 Å². The van der Waals surface area contributed by atoms with Crippen LogP contribution in [0.2, 0.25) is 0 Å². The van der Waals surface area contributed by atoms with Gasteiger partial charge in [-0.1, -0.05) is 19.1 Å². The van der Waals surface area contributed by atoms with E-state index in [1.165, 1.54) is 35.1 Å². The van der Waals surface area contributed by atoms with Crippen LogP contribution in [-0.4, -0.2) is 27.4 Å². The fourth-order valence-electron chi connectivity index (χ4n) is 4.40. The highest BCUT2D eigenvalue weighted by Crippen LogP contribution is 2.58. The molecule has 160 valence electrons. The molecule has 0 saturated heterocycles. The second-order valence-corrected chi connectivity index (χ2v) is 10.3. The van der Waals surface area contributed by atoms with Crippen LogP contribution in [0.1, 0.15) is 44.7 Å². The van der Waals surface area contributed by atoms with Crippen molar-refractivity contribution in [3.63, 3.8) is 0 Å². The number of aliphatic hydroxyl groups is 1. The molecule has 1 saturated carbocycles. The predicted octanol–water partition coefficient (Wildman–Crippen LogP) is 5.81. The molecule has 6 heteroatoms. The lowest BCUT2D eigenvalue weighted by molar-refractivity contribution is 0.0786. The Morgan fingerprint density at radius 3 is 2.52 bits per heavy atom. The normalized spacial score (nSPS) is 16.6. The lowest BCUT2D eigenvalue weighted by Crippen LogP contribution is -2.21. The third-order valence-corrected chi connectivity index (χ3v) is 7.20. The molecule has 0 atom stereocenters. The molecule has 1 fully saturated rings. The molecule has 0 radical (unpaired) electrons. The van der Waals surface area contributed by atoms with Gasteiger partial charge in [0.25, 0.3) is 0 Å². The summed E-state index contributed by atoms with van der Waals surface area (Å²) >= 11 is 1.83. The van der Waals surface area contributed by atoms with Gasteiger partial charge in [-0.3, -0.25) is 0 Å². The van der Waals surface area contributed by atoms with Crippen molar-refractivity contribution in [2.24, 2.45) is 0 Å². The van der Waals surface area contributed by atoms with Gasteiger partial charge in [0, 0.05) is 46.1 Å². The van der Waals surface area contributed by atoms with Crippen molar-refractivity contribution >= 4 is 23.4 Å². The van der Waals surface area contributed by atoms with Crippen LogP contribution >= 0.6 is 11.8 Å². The lowest BCUT2D eigenvalue weighted by Gasteiger charge is -2.20. The van der Waals surface area contributed by atoms with Crippen LogP contribution in [0.25, 0.3) is 11.1 Å². The van der Waals surface area contributed by atoms with E-state index < -0.39 is 5.60 Å². The largest absolute Gasteiger partial charge is 0.386 e. The number of hydrogen-bond donors (Lipinski definition) is 1. The Labute approximate surface area is 186 Å². The Balaban J connectivity index is 1.49. The molecule has 2 aromatic carbocycles. The van der Waals surface area contributed by atoms with Crippen LogP contribution in [0.3, 0.4) is 0 Å². The SMILES string of the molecule is CCSc1ccc2c(c1)N(c1ncc(-c3cc(C(C)(C)O)ccc3F)cn1)CC21CC1. The molecule has 1 aromatic heterocycles. The second-order valence-electron chi connectivity index (χ2n) is 9.00. The first-order valence-electron chi connectivity index (χ1n) is 10.7. The molecule has 1 aliphatic carbocycles. The molecule has 1 spiro atoms. The summed E-state index contributed by atoms with van der Waals surface area (Å²) in [7, 11) is 0. The first-order valence-corrected chi connectivity index (χ1v) is 11.7. The molecule has 4 nitrogen and oxygen atoms in total. The molecule has 0 bridgehead atoms. The molecule has 5 rings (SSSR count). The minimum Gasteiger partial charge on any atom is -0.386 e. The predicted molar refractivity (Wildman–Crippen MR) is 123 cm³/mol. The highest BCUT2D eigenvalue weighted by molar-refractivity contribution is 7.99. The van der Waals surface area contributed by atoms with Gasteiger partial charge < -0.3 is 10.0 Å². The van der Waals surface area contributed by atoms with Gasteiger partial charge in [0.05, 0.1) is 5.60 Å². The number of benzene rings is 2. The van der Waals surface area contributed by atoms with Crippen LogP contribution in [0.4, 0.5) is 16.0 Å². The topological polar surface area (TPSA) is 49.2 Å². The van der Waals surface area contributed by atoms with E-state index in [-0.39, 0.29) is 11.2 Å². The maximum absolute atomic E-state index is 14.5. The fraction of sp³-hybridized carbons (Fsp3) is 0.360. The molecular weight excluding hydrogens is 409 g/mol. The maximum Gasteiger partial charge on any atom is 0.229 e. The van der Waals surface area contributed by atoms with Gasteiger partial charge in [-0.15, -0.1) is 11.8 Å². The number of rotatable bonds is 5. The number of fused-ring (bicyclic) bond motifs is 2. The average Bonchev–Trinajstić information content (AvgIpc) is 3.45. The first kappa shape index (κ1) is 20.5. The van der Waals surface area contributed by atoms with E-state index in [1.807, 2.05) is 11.8 Å². The third kappa shape index (κ3) is 3.62. The second kappa shape index (κ2) is 7.31. The summed E-state index contributed by atoms with van der Waals surface area (Å²) in [5.41, 5.74) is 3.42. The van der Waals surface area contributed by atoms with E-state index in [9.17, 15) is 9.50 Å². The molecule has 0 unspecified atom stereocenters. The lowest BCUT2D eigenvalue weighted by atomic mass is 9.95. The summed E-state index contributed by atoms with van der Waals surface area (Å²) < 4.78 is 14.5. The summed E-state index contributed by atoms with van der Waals surface area (Å²) in [5, 5.41) is 10.3. The van der Waals surface area contributed by atoms with Crippen molar-refractivity contribution < 1.29 is 9.50 Å². The Kier molecular flexibility index (Phi) is 4.83. The van der Waals surface area contributed by atoms with E-state index in [0.717, 1.165) is 12.3 Å². The average molecular weight is 436 g/mol. The maximum atomic E-state index is 14.5. The number of nitrogens with zero attached hydrogens (tertiary/aromatic N) is 3. The number of anilines is 2. The van der Waals surface area contributed by atoms with E-state index >= 15 is 0 Å². The zero-order valence-electron chi connectivity index (χ0n) is 18.0. The molecular formula is C25H26FN3OS. The third-order valence-electron chi connectivity index (χ3n) is 6.32. The van der Waals surface area contributed by atoms with Gasteiger partial charge in [0.15, 0.2) is 0 Å². The minimum atomic E-state index is -1.05. The van der Waals surface area contributed by atoms with Crippen molar-refractivity contribution in [2.45, 2.75) is 49.5 Å². The van der Waals surface area contributed by atoms with E-state index in [2.05, 4.69) is 40.0 Å². The van der Waals surface area contributed by atoms with Gasteiger partial charge in [0.2, 0.25) is 5.95 Å². The van der Waals surface area contributed by atoms with Gasteiger partial charge in [-0.25, -0.2) is 14.4 Å². The first-order chi connectivity index (χ1) is 14.8. The van der Waals surface area contributed by atoms with Gasteiger partial charge in [0.1, 0.15) is 5.82 Å². The highest BCUT2D eigenvalue weighted by Gasteiger charge is 2.52. The molecule has 1 N–H and O–H groups in total. The van der Waals surface area contributed by atoms with Crippen molar-refractivity contribution in [1.82, 2.24) is 9.97 Å². The quantitative estimate of drug-likeness (QED) is 0.513. The molecule has 2 aliphatic rings. The Morgan fingerprint density at radius 1 is 1.13 bits per heavy atom. The Morgan fingerprint density at radius 2 is 1.87 bits per heavy atom. The van der Waals surface area contributed by atoms with Crippen LogP contribution in [0.15, 0.2) is 53.7 Å². The number of thioether (sulfide) groups is 1. The molecule has 2 heterocycles. The molecule has 0 amide bonds. The van der Waals surface area contributed by atoms with E-state index in [0.29, 0.717) is 22.6 Å². The van der Waals surface area contributed by atoms with E-state index in [4.69, 9.17) is 0 Å². The zero-order valence-corrected chi connectivity index (χ0v) is 18.8. The zero-order chi connectivity index (χ0) is 21.8. The van der Waals surface area contributed by atoms with Crippen LogP contribution in [0.5, 0.6) is 0 Å².